The van der Waals surface area contributed by atoms with E-state index in [2.05, 4.69) is 46.7 Å². The van der Waals surface area contributed by atoms with E-state index >= 15 is 0 Å². The van der Waals surface area contributed by atoms with Gasteiger partial charge in [0.1, 0.15) is 5.04 Å². The van der Waals surface area contributed by atoms with Crippen molar-refractivity contribution in [2.24, 2.45) is 10.1 Å². The SMILES string of the molecule is Cc1ccc(-n2c(C)cc(/C=C3/C(=N)N4N=C(c5ccccc5C)SC4=NC3=O)c2C)cc1C. The topological polar surface area (TPSA) is 73.8 Å². The molecule has 34 heavy (non-hydrogen) atoms. The van der Waals surface area contributed by atoms with Crippen LogP contribution in [0.2, 0.25) is 0 Å². The Morgan fingerprint density at radius 2 is 1.71 bits per heavy atom. The molecule has 0 saturated carbocycles. The molecule has 1 N–H and O–H groups in total. The number of hydrogen-bond acceptors (Lipinski definition) is 4. The molecule has 0 atom stereocenters. The van der Waals surface area contributed by atoms with Crippen LogP contribution in [0.25, 0.3) is 11.8 Å². The summed E-state index contributed by atoms with van der Waals surface area (Å²) in [6, 6.07) is 16.4. The molecule has 5 rings (SSSR count). The van der Waals surface area contributed by atoms with Gasteiger partial charge in [-0.3, -0.25) is 10.2 Å². The van der Waals surface area contributed by atoms with Crippen molar-refractivity contribution in [2.75, 3.05) is 0 Å². The van der Waals surface area contributed by atoms with Gasteiger partial charge < -0.3 is 4.57 Å². The number of hydrogen-bond donors (Lipinski definition) is 1. The minimum Gasteiger partial charge on any atom is -0.318 e. The number of carbonyl (C=O) groups is 1. The maximum atomic E-state index is 12.9. The quantitative estimate of drug-likeness (QED) is 0.503. The van der Waals surface area contributed by atoms with Gasteiger partial charge in [0.15, 0.2) is 5.84 Å². The van der Waals surface area contributed by atoms with Crippen molar-refractivity contribution in [1.82, 2.24) is 9.58 Å². The number of aryl methyl sites for hydroxylation is 4. The molecule has 0 spiro atoms. The van der Waals surface area contributed by atoms with Crippen LogP contribution in [0.3, 0.4) is 0 Å². The molecular formula is C27H25N5OS. The van der Waals surface area contributed by atoms with Crippen molar-refractivity contribution in [2.45, 2.75) is 34.6 Å². The molecule has 2 aliphatic rings. The second kappa shape index (κ2) is 8.25. The van der Waals surface area contributed by atoms with Crippen LogP contribution in [0.5, 0.6) is 0 Å². The number of aliphatic imine (C=N–C) groups is 1. The Bertz CT molecular complexity index is 1470. The number of carbonyl (C=O) groups excluding carboxylic acids is 1. The summed E-state index contributed by atoms with van der Waals surface area (Å²) in [5.74, 6) is -0.372. The van der Waals surface area contributed by atoms with E-state index in [4.69, 9.17) is 5.41 Å². The van der Waals surface area contributed by atoms with Crippen LogP contribution in [-0.4, -0.2) is 31.5 Å². The summed E-state index contributed by atoms with van der Waals surface area (Å²) in [6.07, 6.45) is 1.76. The minimum absolute atomic E-state index is 0.0436. The van der Waals surface area contributed by atoms with Crippen LogP contribution < -0.4 is 0 Å². The highest BCUT2D eigenvalue weighted by atomic mass is 32.2. The zero-order valence-electron chi connectivity index (χ0n) is 19.8. The normalized spacial score (nSPS) is 16.7. The Morgan fingerprint density at radius 3 is 2.44 bits per heavy atom. The summed E-state index contributed by atoms with van der Waals surface area (Å²) >= 11 is 1.32. The first-order valence-electron chi connectivity index (χ1n) is 11.1. The number of nitrogens with one attached hydrogen (secondary N) is 1. The van der Waals surface area contributed by atoms with E-state index in [1.54, 1.807) is 6.08 Å². The first-order chi connectivity index (χ1) is 16.2. The number of amides is 1. The smallest absolute Gasteiger partial charge is 0.283 e. The Morgan fingerprint density at radius 1 is 0.941 bits per heavy atom. The number of nitrogens with zero attached hydrogens (tertiary/aromatic N) is 4. The van der Waals surface area contributed by atoms with Gasteiger partial charge in [-0.1, -0.05) is 30.3 Å². The third-order valence-electron chi connectivity index (χ3n) is 6.35. The largest absolute Gasteiger partial charge is 0.318 e. The van der Waals surface area contributed by atoms with E-state index in [9.17, 15) is 4.79 Å². The van der Waals surface area contributed by atoms with Gasteiger partial charge in [-0.15, -0.1) is 0 Å². The molecule has 170 valence electrons. The number of fused-ring (bicyclic) bond motifs is 1. The Labute approximate surface area is 203 Å². The molecule has 1 amide bonds. The molecule has 1 aromatic heterocycles. The number of benzene rings is 2. The van der Waals surface area contributed by atoms with Crippen molar-refractivity contribution in [3.63, 3.8) is 0 Å². The Hall–Kier alpha value is -3.71. The van der Waals surface area contributed by atoms with Crippen LogP contribution in [0.1, 0.15) is 39.2 Å². The molecule has 7 heteroatoms. The lowest BCUT2D eigenvalue weighted by molar-refractivity contribution is -0.114. The molecule has 6 nitrogen and oxygen atoms in total. The molecule has 3 heterocycles. The second-order valence-corrected chi connectivity index (χ2v) is 9.63. The first-order valence-corrected chi connectivity index (χ1v) is 11.9. The monoisotopic (exact) mass is 467 g/mol. The highest BCUT2D eigenvalue weighted by Crippen LogP contribution is 2.32. The summed E-state index contributed by atoms with van der Waals surface area (Å²) in [5.41, 5.74) is 8.80. The number of thioether (sulfide) groups is 1. The highest BCUT2D eigenvalue weighted by molar-refractivity contribution is 8.27. The van der Waals surface area contributed by atoms with Gasteiger partial charge in [-0.05, 0) is 92.9 Å². The van der Waals surface area contributed by atoms with Crippen molar-refractivity contribution in [1.29, 1.82) is 5.41 Å². The third-order valence-corrected chi connectivity index (χ3v) is 7.29. The summed E-state index contributed by atoms with van der Waals surface area (Å²) in [6.45, 7) is 10.3. The number of hydrazone groups is 1. The van der Waals surface area contributed by atoms with Crippen molar-refractivity contribution >= 4 is 39.8 Å². The summed E-state index contributed by atoms with van der Waals surface area (Å²) in [4.78, 5) is 17.2. The predicted octanol–water partition coefficient (Wildman–Crippen LogP) is 5.69. The summed E-state index contributed by atoms with van der Waals surface area (Å²) in [7, 11) is 0. The predicted molar refractivity (Wildman–Crippen MR) is 140 cm³/mol. The van der Waals surface area contributed by atoms with E-state index in [1.165, 1.54) is 27.9 Å². The molecule has 0 radical (unpaired) electrons. The third kappa shape index (κ3) is 3.62. The van der Waals surface area contributed by atoms with Gasteiger partial charge in [0.05, 0.1) is 5.57 Å². The van der Waals surface area contributed by atoms with Crippen molar-refractivity contribution in [3.8, 4) is 5.69 Å². The fourth-order valence-corrected chi connectivity index (χ4v) is 5.25. The average Bonchev–Trinajstić information content (AvgIpc) is 3.34. The number of rotatable bonds is 3. The summed E-state index contributed by atoms with van der Waals surface area (Å²) < 4.78 is 2.17. The lowest BCUT2D eigenvalue weighted by atomic mass is 10.1. The van der Waals surface area contributed by atoms with Crippen LogP contribution in [0, 0.1) is 40.0 Å². The second-order valence-electron chi connectivity index (χ2n) is 8.67. The first kappa shape index (κ1) is 22.1. The van der Waals surface area contributed by atoms with E-state index in [0.717, 1.165) is 38.8 Å². The molecule has 2 aliphatic heterocycles. The lowest BCUT2D eigenvalue weighted by Gasteiger charge is -2.20. The van der Waals surface area contributed by atoms with Crippen LogP contribution in [0.4, 0.5) is 0 Å². The molecule has 0 fully saturated rings. The van der Waals surface area contributed by atoms with Gasteiger partial charge in [-0.2, -0.15) is 15.1 Å². The fraction of sp³-hybridized carbons (Fsp3) is 0.185. The van der Waals surface area contributed by atoms with Crippen molar-refractivity contribution < 1.29 is 4.79 Å². The van der Waals surface area contributed by atoms with Crippen molar-refractivity contribution in [3.05, 3.63) is 93.3 Å². The fourth-order valence-electron chi connectivity index (χ4n) is 4.27. The highest BCUT2D eigenvalue weighted by Gasteiger charge is 2.36. The van der Waals surface area contributed by atoms with Crippen LogP contribution >= 0.6 is 11.8 Å². The maximum absolute atomic E-state index is 12.9. The van der Waals surface area contributed by atoms with Gasteiger partial charge in [0.25, 0.3) is 5.91 Å². The van der Waals surface area contributed by atoms with E-state index in [-0.39, 0.29) is 11.4 Å². The van der Waals surface area contributed by atoms with Gasteiger partial charge in [-0.25, -0.2) is 0 Å². The Kier molecular flexibility index (Phi) is 5.37. The zero-order chi connectivity index (χ0) is 24.1. The van der Waals surface area contributed by atoms with Gasteiger partial charge in [0.2, 0.25) is 5.17 Å². The lowest BCUT2D eigenvalue weighted by Crippen LogP contribution is -2.35. The molecule has 2 aromatic carbocycles. The molecular weight excluding hydrogens is 442 g/mol. The summed E-state index contributed by atoms with van der Waals surface area (Å²) in [5, 5.41) is 16.0. The Balaban J connectivity index is 1.52. The molecule has 0 aliphatic carbocycles. The van der Waals surface area contributed by atoms with Gasteiger partial charge in [0, 0.05) is 22.6 Å². The van der Waals surface area contributed by atoms with Crippen LogP contribution in [0.15, 0.2) is 64.2 Å². The molecule has 0 saturated heterocycles. The van der Waals surface area contributed by atoms with E-state index in [0.29, 0.717) is 5.17 Å². The van der Waals surface area contributed by atoms with E-state index < -0.39 is 5.91 Å². The zero-order valence-corrected chi connectivity index (χ0v) is 20.6. The number of amidine groups is 2. The minimum atomic E-state index is -0.416. The van der Waals surface area contributed by atoms with Crippen LogP contribution in [-0.2, 0) is 4.79 Å². The average molecular weight is 468 g/mol. The molecule has 3 aromatic rings. The number of aromatic nitrogens is 1. The molecule has 0 bridgehead atoms. The molecule has 0 unspecified atom stereocenters. The standard InChI is InChI=1S/C27H25N5OS/c1-15-10-11-21(12-17(15)3)31-18(4)13-20(19(31)5)14-23-24(28)32-27(29-25(23)33)34-26(30-32)22-9-7-6-8-16(22)2/h6-14,28H,1-5H3/b23-14-,28-24?. The van der Waals surface area contributed by atoms with Gasteiger partial charge >= 0.3 is 0 Å². The maximum Gasteiger partial charge on any atom is 0.283 e. The van der Waals surface area contributed by atoms with E-state index in [1.807, 2.05) is 51.1 Å².